The number of anilines is 2. The SMILES string of the molecule is COc1ccc(N)cc1NC(=O)CCN1CCC(CO)C1. The molecule has 0 saturated carbocycles. The van der Waals surface area contributed by atoms with E-state index in [-0.39, 0.29) is 12.5 Å². The lowest BCUT2D eigenvalue weighted by molar-refractivity contribution is -0.116. The van der Waals surface area contributed by atoms with Gasteiger partial charge in [-0.15, -0.1) is 0 Å². The van der Waals surface area contributed by atoms with E-state index in [1.54, 1.807) is 25.3 Å². The van der Waals surface area contributed by atoms with E-state index in [9.17, 15) is 4.79 Å². The summed E-state index contributed by atoms with van der Waals surface area (Å²) in [6.45, 7) is 2.74. The topological polar surface area (TPSA) is 87.8 Å². The molecule has 6 heteroatoms. The van der Waals surface area contributed by atoms with Gasteiger partial charge in [0.1, 0.15) is 5.75 Å². The van der Waals surface area contributed by atoms with Crippen LogP contribution in [0.3, 0.4) is 0 Å². The highest BCUT2D eigenvalue weighted by Crippen LogP contribution is 2.26. The van der Waals surface area contributed by atoms with Crippen molar-refractivity contribution >= 4 is 17.3 Å². The number of aliphatic hydroxyl groups excluding tert-OH is 1. The molecule has 1 amide bonds. The Morgan fingerprint density at radius 1 is 1.57 bits per heavy atom. The molecular formula is C15H23N3O3. The molecule has 1 aromatic rings. The highest BCUT2D eigenvalue weighted by Gasteiger charge is 2.21. The van der Waals surface area contributed by atoms with Crippen molar-refractivity contribution in [2.45, 2.75) is 12.8 Å². The van der Waals surface area contributed by atoms with Gasteiger partial charge in [-0.1, -0.05) is 0 Å². The molecule has 1 saturated heterocycles. The second-order valence-electron chi connectivity index (χ2n) is 5.40. The lowest BCUT2D eigenvalue weighted by atomic mass is 10.1. The van der Waals surface area contributed by atoms with Gasteiger partial charge in [-0.25, -0.2) is 0 Å². The van der Waals surface area contributed by atoms with Crippen LogP contribution in [0.5, 0.6) is 5.75 Å². The first-order valence-electron chi connectivity index (χ1n) is 7.19. The Morgan fingerprint density at radius 3 is 3.05 bits per heavy atom. The lowest BCUT2D eigenvalue weighted by Gasteiger charge is -2.16. The van der Waals surface area contributed by atoms with Crippen LogP contribution in [0.1, 0.15) is 12.8 Å². The van der Waals surface area contributed by atoms with Crippen molar-refractivity contribution in [3.8, 4) is 5.75 Å². The Balaban J connectivity index is 1.83. The van der Waals surface area contributed by atoms with Gasteiger partial charge in [0, 0.05) is 31.8 Å². The fraction of sp³-hybridized carbons (Fsp3) is 0.533. The summed E-state index contributed by atoms with van der Waals surface area (Å²) in [7, 11) is 1.56. The number of likely N-dealkylation sites (tertiary alicyclic amines) is 1. The monoisotopic (exact) mass is 293 g/mol. The maximum Gasteiger partial charge on any atom is 0.225 e. The van der Waals surface area contributed by atoms with Gasteiger partial charge in [0.15, 0.2) is 0 Å². The van der Waals surface area contributed by atoms with Crippen LogP contribution < -0.4 is 15.8 Å². The molecule has 1 atom stereocenters. The molecule has 1 aliphatic rings. The number of ether oxygens (including phenoxy) is 1. The predicted molar refractivity (Wildman–Crippen MR) is 82.3 cm³/mol. The minimum Gasteiger partial charge on any atom is -0.495 e. The minimum absolute atomic E-state index is 0.0636. The molecule has 0 bridgehead atoms. The van der Waals surface area contributed by atoms with Crippen molar-refractivity contribution in [2.75, 3.05) is 44.4 Å². The van der Waals surface area contributed by atoms with Crippen LogP contribution >= 0.6 is 0 Å². The van der Waals surface area contributed by atoms with Crippen LogP contribution in [0.2, 0.25) is 0 Å². The van der Waals surface area contributed by atoms with Gasteiger partial charge in [-0.3, -0.25) is 4.79 Å². The van der Waals surface area contributed by atoms with Crippen LogP contribution in [-0.2, 0) is 4.79 Å². The Hall–Kier alpha value is -1.79. The summed E-state index contributed by atoms with van der Waals surface area (Å²) in [5.41, 5.74) is 6.90. The standard InChI is InChI=1S/C15H23N3O3/c1-21-14-3-2-12(16)8-13(14)17-15(20)5-7-18-6-4-11(9-18)10-19/h2-3,8,11,19H,4-7,9-10,16H2,1H3,(H,17,20). The molecule has 6 nitrogen and oxygen atoms in total. The molecule has 4 N–H and O–H groups in total. The average Bonchev–Trinajstić information content (AvgIpc) is 2.93. The molecule has 0 aromatic heterocycles. The summed E-state index contributed by atoms with van der Waals surface area (Å²) in [5.74, 6) is 0.882. The van der Waals surface area contributed by atoms with E-state index in [0.717, 1.165) is 19.5 Å². The number of hydrogen-bond donors (Lipinski definition) is 3. The largest absolute Gasteiger partial charge is 0.495 e. The Morgan fingerprint density at radius 2 is 2.38 bits per heavy atom. The number of amides is 1. The van der Waals surface area contributed by atoms with Crippen LogP contribution in [0.4, 0.5) is 11.4 Å². The van der Waals surface area contributed by atoms with Gasteiger partial charge in [-0.2, -0.15) is 0 Å². The summed E-state index contributed by atoms with van der Waals surface area (Å²) < 4.78 is 5.20. The number of benzene rings is 1. The molecule has 116 valence electrons. The summed E-state index contributed by atoms with van der Waals surface area (Å²) in [6.07, 6.45) is 1.41. The smallest absolute Gasteiger partial charge is 0.225 e. The normalized spacial score (nSPS) is 18.7. The Bertz CT molecular complexity index is 493. The Kier molecular flexibility index (Phi) is 5.41. The first kappa shape index (κ1) is 15.6. The second-order valence-corrected chi connectivity index (χ2v) is 5.40. The van der Waals surface area contributed by atoms with E-state index >= 15 is 0 Å². The number of methoxy groups -OCH3 is 1. The molecule has 1 fully saturated rings. The summed E-state index contributed by atoms with van der Waals surface area (Å²) in [6, 6.07) is 5.15. The maximum atomic E-state index is 12.0. The third kappa shape index (κ3) is 4.34. The average molecular weight is 293 g/mol. The van der Waals surface area contributed by atoms with E-state index in [1.165, 1.54) is 0 Å². The fourth-order valence-electron chi connectivity index (χ4n) is 2.56. The number of nitrogens with two attached hydrogens (primary N) is 1. The number of nitrogens with one attached hydrogen (secondary N) is 1. The van der Waals surface area contributed by atoms with E-state index in [2.05, 4.69) is 10.2 Å². The summed E-state index contributed by atoms with van der Waals surface area (Å²) in [4.78, 5) is 14.2. The third-order valence-corrected chi connectivity index (χ3v) is 3.78. The summed E-state index contributed by atoms with van der Waals surface area (Å²) >= 11 is 0. The van der Waals surface area contributed by atoms with Gasteiger partial charge in [0.05, 0.1) is 12.8 Å². The van der Waals surface area contributed by atoms with Crippen molar-refractivity contribution in [3.63, 3.8) is 0 Å². The number of aliphatic hydroxyl groups is 1. The maximum absolute atomic E-state index is 12.0. The van der Waals surface area contributed by atoms with Crippen LogP contribution in [0, 0.1) is 5.92 Å². The zero-order valence-corrected chi connectivity index (χ0v) is 12.3. The number of carbonyl (C=O) groups is 1. The third-order valence-electron chi connectivity index (χ3n) is 3.78. The van der Waals surface area contributed by atoms with Gasteiger partial charge in [-0.05, 0) is 37.1 Å². The quantitative estimate of drug-likeness (QED) is 0.679. The van der Waals surface area contributed by atoms with Gasteiger partial charge in [0.2, 0.25) is 5.91 Å². The minimum atomic E-state index is -0.0636. The van der Waals surface area contributed by atoms with Crippen molar-refractivity contribution in [3.05, 3.63) is 18.2 Å². The predicted octanol–water partition coefficient (Wildman–Crippen LogP) is 0.920. The van der Waals surface area contributed by atoms with Crippen molar-refractivity contribution in [1.82, 2.24) is 4.90 Å². The van der Waals surface area contributed by atoms with Crippen LogP contribution in [0.15, 0.2) is 18.2 Å². The van der Waals surface area contributed by atoms with Crippen LogP contribution in [-0.4, -0.2) is 49.3 Å². The van der Waals surface area contributed by atoms with Crippen molar-refractivity contribution < 1.29 is 14.6 Å². The highest BCUT2D eigenvalue weighted by atomic mass is 16.5. The molecule has 1 heterocycles. The molecule has 0 aliphatic carbocycles. The first-order chi connectivity index (χ1) is 10.1. The van der Waals surface area contributed by atoms with E-state index in [1.807, 2.05) is 0 Å². The number of nitrogen functional groups attached to an aromatic ring is 1. The van der Waals surface area contributed by atoms with Gasteiger partial charge in [0.25, 0.3) is 0 Å². The first-order valence-corrected chi connectivity index (χ1v) is 7.19. The zero-order valence-electron chi connectivity index (χ0n) is 12.3. The zero-order chi connectivity index (χ0) is 15.2. The van der Waals surface area contributed by atoms with E-state index in [0.29, 0.717) is 36.0 Å². The van der Waals surface area contributed by atoms with Gasteiger partial charge >= 0.3 is 0 Å². The second kappa shape index (κ2) is 7.28. The molecule has 0 spiro atoms. The summed E-state index contributed by atoms with van der Waals surface area (Å²) in [5, 5.41) is 11.9. The van der Waals surface area contributed by atoms with Gasteiger partial charge < -0.3 is 25.8 Å². The molecule has 2 rings (SSSR count). The molecule has 1 unspecified atom stereocenters. The number of nitrogens with zero attached hydrogens (tertiary/aromatic N) is 1. The van der Waals surface area contributed by atoms with E-state index in [4.69, 9.17) is 15.6 Å². The molecular weight excluding hydrogens is 270 g/mol. The van der Waals surface area contributed by atoms with E-state index < -0.39 is 0 Å². The lowest BCUT2D eigenvalue weighted by Crippen LogP contribution is -2.26. The Labute approximate surface area is 124 Å². The fourth-order valence-corrected chi connectivity index (χ4v) is 2.56. The van der Waals surface area contributed by atoms with Crippen molar-refractivity contribution in [2.24, 2.45) is 5.92 Å². The number of carbonyl (C=O) groups excluding carboxylic acids is 1. The molecule has 1 aromatic carbocycles. The number of rotatable bonds is 6. The highest BCUT2D eigenvalue weighted by molar-refractivity contribution is 5.93. The van der Waals surface area contributed by atoms with Crippen molar-refractivity contribution in [1.29, 1.82) is 0 Å². The number of hydrogen-bond acceptors (Lipinski definition) is 5. The molecule has 0 radical (unpaired) electrons. The molecule has 1 aliphatic heterocycles. The van der Waals surface area contributed by atoms with Crippen LogP contribution in [0.25, 0.3) is 0 Å². The molecule has 21 heavy (non-hydrogen) atoms.